The van der Waals surface area contributed by atoms with E-state index in [9.17, 15) is 5.11 Å². The van der Waals surface area contributed by atoms with Gasteiger partial charge in [0.25, 0.3) is 0 Å². The van der Waals surface area contributed by atoms with E-state index in [-0.39, 0.29) is 11.6 Å². The third kappa shape index (κ3) is 3.67. The molecule has 106 valence electrons. The zero-order chi connectivity index (χ0) is 12.8. The van der Waals surface area contributed by atoms with Gasteiger partial charge in [-0.25, -0.2) is 0 Å². The van der Waals surface area contributed by atoms with Gasteiger partial charge in [-0.15, -0.1) is 0 Å². The summed E-state index contributed by atoms with van der Waals surface area (Å²) in [5, 5.41) is 9.96. The lowest BCUT2D eigenvalue weighted by Crippen LogP contribution is -2.46. The van der Waals surface area contributed by atoms with E-state index < -0.39 is 0 Å². The van der Waals surface area contributed by atoms with Crippen molar-refractivity contribution >= 4 is 0 Å². The molecule has 2 saturated heterocycles. The standard InChI is InChI=1S/C14H27NO3/c1-2-14(11-18-12-14)10-17-9-8-15-7-5-3-4-6-13(15)16/h13,16H,2-12H2,1H3. The minimum Gasteiger partial charge on any atom is -0.380 e. The fourth-order valence-electron chi connectivity index (χ4n) is 2.66. The number of hydrogen-bond acceptors (Lipinski definition) is 4. The van der Waals surface area contributed by atoms with Crippen LogP contribution in [-0.2, 0) is 9.47 Å². The molecule has 1 atom stereocenters. The van der Waals surface area contributed by atoms with E-state index in [4.69, 9.17) is 9.47 Å². The van der Waals surface area contributed by atoms with Gasteiger partial charge in [0.15, 0.2) is 0 Å². The number of aliphatic hydroxyl groups excluding tert-OH is 1. The van der Waals surface area contributed by atoms with Crippen LogP contribution in [0.2, 0.25) is 0 Å². The van der Waals surface area contributed by atoms with Gasteiger partial charge >= 0.3 is 0 Å². The van der Waals surface area contributed by atoms with Gasteiger partial charge in [0.2, 0.25) is 0 Å². The van der Waals surface area contributed by atoms with Crippen molar-refractivity contribution in [2.75, 3.05) is 39.5 Å². The van der Waals surface area contributed by atoms with Crippen LogP contribution < -0.4 is 0 Å². The second-order valence-corrected chi connectivity index (χ2v) is 5.76. The summed E-state index contributed by atoms with van der Waals surface area (Å²) in [7, 11) is 0. The minimum absolute atomic E-state index is 0.261. The van der Waals surface area contributed by atoms with Crippen LogP contribution in [0.3, 0.4) is 0 Å². The molecule has 0 spiro atoms. The third-order valence-corrected chi connectivity index (χ3v) is 4.33. The van der Waals surface area contributed by atoms with E-state index in [1.54, 1.807) is 0 Å². The summed E-state index contributed by atoms with van der Waals surface area (Å²) in [4.78, 5) is 2.16. The Morgan fingerprint density at radius 1 is 1.33 bits per heavy atom. The van der Waals surface area contributed by atoms with Crippen molar-refractivity contribution in [2.45, 2.75) is 45.3 Å². The van der Waals surface area contributed by atoms with Gasteiger partial charge in [0.1, 0.15) is 6.23 Å². The van der Waals surface area contributed by atoms with Crippen LogP contribution in [0.15, 0.2) is 0 Å². The minimum atomic E-state index is -0.261. The molecule has 2 fully saturated rings. The summed E-state index contributed by atoms with van der Waals surface area (Å²) in [5.41, 5.74) is 0.275. The molecular weight excluding hydrogens is 230 g/mol. The zero-order valence-electron chi connectivity index (χ0n) is 11.6. The van der Waals surface area contributed by atoms with Crippen molar-refractivity contribution in [3.05, 3.63) is 0 Å². The van der Waals surface area contributed by atoms with Gasteiger partial charge in [-0.05, 0) is 25.7 Å². The topological polar surface area (TPSA) is 41.9 Å². The molecule has 18 heavy (non-hydrogen) atoms. The van der Waals surface area contributed by atoms with Crippen LogP contribution in [0.1, 0.15) is 39.0 Å². The van der Waals surface area contributed by atoms with Crippen LogP contribution in [0.25, 0.3) is 0 Å². The van der Waals surface area contributed by atoms with E-state index in [0.717, 1.165) is 58.8 Å². The molecule has 4 nitrogen and oxygen atoms in total. The van der Waals surface area contributed by atoms with Crippen LogP contribution in [0.5, 0.6) is 0 Å². The Labute approximate surface area is 110 Å². The van der Waals surface area contributed by atoms with Gasteiger partial charge in [-0.3, -0.25) is 4.90 Å². The van der Waals surface area contributed by atoms with Crippen LogP contribution in [0.4, 0.5) is 0 Å². The highest BCUT2D eigenvalue weighted by Crippen LogP contribution is 2.31. The predicted molar refractivity (Wildman–Crippen MR) is 70.4 cm³/mol. The zero-order valence-corrected chi connectivity index (χ0v) is 11.6. The Balaban J connectivity index is 1.62. The summed E-state index contributed by atoms with van der Waals surface area (Å²) in [6, 6.07) is 0. The Hall–Kier alpha value is -0.160. The molecule has 0 aromatic rings. The van der Waals surface area contributed by atoms with Gasteiger partial charge in [0, 0.05) is 18.5 Å². The van der Waals surface area contributed by atoms with Crippen LogP contribution in [-0.4, -0.2) is 55.8 Å². The molecule has 0 amide bonds. The lowest BCUT2D eigenvalue weighted by atomic mass is 9.84. The number of ether oxygens (including phenoxy) is 2. The average molecular weight is 257 g/mol. The highest BCUT2D eigenvalue weighted by atomic mass is 16.5. The molecule has 2 aliphatic heterocycles. The van der Waals surface area contributed by atoms with E-state index in [1.165, 1.54) is 12.8 Å². The number of likely N-dealkylation sites (tertiary alicyclic amines) is 1. The first-order valence-electron chi connectivity index (χ1n) is 7.33. The Bertz CT molecular complexity index is 238. The van der Waals surface area contributed by atoms with Gasteiger partial charge in [0.05, 0.1) is 26.4 Å². The molecule has 0 aliphatic carbocycles. The third-order valence-electron chi connectivity index (χ3n) is 4.33. The van der Waals surface area contributed by atoms with Gasteiger partial charge < -0.3 is 14.6 Å². The molecule has 0 bridgehead atoms. The average Bonchev–Trinajstić information content (AvgIpc) is 2.53. The van der Waals surface area contributed by atoms with Crippen molar-refractivity contribution in [3.63, 3.8) is 0 Å². The van der Waals surface area contributed by atoms with Gasteiger partial charge in [-0.2, -0.15) is 0 Å². The Morgan fingerprint density at radius 3 is 2.83 bits per heavy atom. The SMILES string of the molecule is CCC1(COCCN2CCCCCC2O)COC1. The van der Waals surface area contributed by atoms with Crippen molar-refractivity contribution < 1.29 is 14.6 Å². The van der Waals surface area contributed by atoms with Crippen molar-refractivity contribution in [2.24, 2.45) is 5.41 Å². The molecule has 2 rings (SSSR count). The number of nitrogens with zero attached hydrogens (tertiary/aromatic N) is 1. The van der Waals surface area contributed by atoms with E-state index >= 15 is 0 Å². The molecular formula is C14H27NO3. The summed E-state index contributed by atoms with van der Waals surface area (Å²) in [6.07, 6.45) is 5.36. The number of rotatable bonds is 6. The van der Waals surface area contributed by atoms with Crippen molar-refractivity contribution in [1.29, 1.82) is 0 Å². The highest BCUT2D eigenvalue weighted by Gasteiger charge is 2.36. The second-order valence-electron chi connectivity index (χ2n) is 5.76. The number of aliphatic hydroxyl groups is 1. The largest absolute Gasteiger partial charge is 0.380 e. The monoisotopic (exact) mass is 257 g/mol. The quantitative estimate of drug-likeness (QED) is 0.734. The molecule has 0 radical (unpaired) electrons. The second kappa shape index (κ2) is 6.85. The molecule has 2 heterocycles. The smallest absolute Gasteiger partial charge is 0.107 e. The van der Waals surface area contributed by atoms with Crippen molar-refractivity contribution in [3.8, 4) is 0 Å². The summed E-state index contributed by atoms with van der Waals surface area (Å²) in [6.45, 7) is 7.26. The molecule has 1 N–H and O–H groups in total. The van der Waals surface area contributed by atoms with Crippen LogP contribution >= 0.6 is 0 Å². The molecule has 2 aliphatic rings. The lowest BCUT2D eigenvalue weighted by molar-refractivity contribution is -0.152. The fourth-order valence-corrected chi connectivity index (χ4v) is 2.66. The first kappa shape index (κ1) is 14.3. The predicted octanol–water partition coefficient (Wildman–Crippen LogP) is 1.62. The molecule has 0 aromatic heterocycles. The molecule has 4 heteroatoms. The lowest BCUT2D eigenvalue weighted by Gasteiger charge is -2.40. The highest BCUT2D eigenvalue weighted by molar-refractivity contribution is 4.84. The van der Waals surface area contributed by atoms with E-state index in [0.29, 0.717) is 0 Å². The van der Waals surface area contributed by atoms with Gasteiger partial charge in [-0.1, -0.05) is 13.3 Å². The summed E-state index contributed by atoms with van der Waals surface area (Å²) in [5.74, 6) is 0. The number of hydrogen-bond donors (Lipinski definition) is 1. The first-order valence-corrected chi connectivity index (χ1v) is 7.33. The van der Waals surface area contributed by atoms with Crippen LogP contribution in [0, 0.1) is 5.41 Å². The summed E-state index contributed by atoms with van der Waals surface area (Å²) >= 11 is 0. The van der Waals surface area contributed by atoms with Crippen molar-refractivity contribution in [1.82, 2.24) is 4.90 Å². The Kier molecular flexibility index (Phi) is 5.42. The summed E-state index contributed by atoms with van der Waals surface area (Å²) < 4.78 is 11.1. The molecule has 1 unspecified atom stereocenters. The Morgan fingerprint density at radius 2 is 2.17 bits per heavy atom. The molecule has 0 aromatic carbocycles. The first-order chi connectivity index (χ1) is 8.76. The normalized spacial score (nSPS) is 28.7. The maximum atomic E-state index is 9.96. The maximum Gasteiger partial charge on any atom is 0.107 e. The maximum absolute atomic E-state index is 9.96. The van der Waals surface area contributed by atoms with E-state index in [1.807, 2.05) is 0 Å². The molecule has 0 saturated carbocycles. The van der Waals surface area contributed by atoms with E-state index in [2.05, 4.69) is 11.8 Å². The fraction of sp³-hybridized carbons (Fsp3) is 1.00.